The first kappa shape index (κ1) is 15.0. The number of nitrogens with one attached hydrogen (secondary N) is 1. The molecule has 1 unspecified atom stereocenters. The quantitative estimate of drug-likeness (QED) is 0.740. The van der Waals surface area contributed by atoms with Crippen molar-refractivity contribution in [1.29, 1.82) is 0 Å². The van der Waals surface area contributed by atoms with Crippen LogP contribution in [-0.2, 0) is 22.4 Å². The number of anilines is 1. The maximum atomic E-state index is 11.9. The highest BCUT2D eigenvalue weighted by Gasteiger charge is 2.20. The van der Waals surface area contributed by atoms with E-state index in [1.54, 1.807) is 5.38 Å². The van der Waals surface area contributed by atoms with E-state index < -0.39 is 12.0 Å². The number of amides is 1. The highest BCUT2D eigenvalue weighted by molar-refractivity contribution is 7.13. The van der Waals surface area contributed by atoms with Crippen LogP contribution in [0.15, 0.2) is 35.7 Å². The lowest BCUT2D eigenvalue weighted by molar-refractivity contribution is -0.141. The van der Waals surface area contributed by atoms with Crippen molar-refractivity contribution in [3.8, 4) is 0 Å². The third-order valence-electron chi connectivity index (χ3n) is 2.83. The van der Waals surface area contributed by atoms with Crippen molar-refractivity contribution >= 4 is 28.3 Å². The number of nitrogens with zero attached hydrogens (tertiary/aromatic N) is 1. The highest BCUT2D eigenvalue weighted by Crippen LogP contribution is 2.11. The van der Waals surface area contributed by atoms with E-state index in [1.807, 2.05) is 30.3 Å². The number of aliphatic carboxylic acids is 1. The Morgan fingerprint density at radius 2 is 2.05 bits per heavy atom. The molecule has 0 aliphatic rings. The Balaban J connectivity index is 1.96. The van der Waals surface area contributed by atoms with Crippen LogP contribution in [0.1, 0.15) is 11.3 Å². The van der Waals surface area contributed by atoms with E-state index in [9.17, 15) is 14.7 Å². The maximum absolute atomic E-state index is 11.9. The fourth-order valence-electron chi connectivity index (χ4n) is 1.86. The summed E-state index contributed by atoms with van der Waals surface area (Å²) in [7, 11) is 0. The summed E-state index contributed by atoms with van der Waals surface area (Å²) in [5, 5.41) is 13.8. The number of nitrogens with two attached hydrogens (primary N) is 1. The molecule has 1 amide bonds. The number of nitrogen functional groups attached to an aromatic ring is 1. The molecule has 0 aliphatic heterocycles. The van der Waals surface area contributed by atoms with Crippen LogP contribution in [0.5, 0.6) is 0 Å². The van der Waals surface area contributed by atoms with Crippen molar-refractivity contribution in [3.63, 3.8) is 0 Å². The minimum absolute atomic E-state index is 0.0201. The van der Waals surface area contributed by atoms with E-state index in [2.05, 4.69) is 10.3 Å². The Hall–Kier alpha value is -2.41. The van der Waals surface area contributed by atoms with Gasteiger partial charge in [0.1, 0.15) is 6.04 Å². The lowest BCUT2D eigenvalue weighted by Gasteiger charge is -2.14. The number of carboxylic acid groups (broad SMARTS) is 1. The molecule has 2 rings (SSSR count). The Labute approximate surface area is 125 Å². The second-order valence-corrected chi connectivity index (χ2v) is 5.39. The van der Waals surface area contributed by atoms with E-state index in [4.69, 9.17) is 5.73 Å². The molecule has 0 bridgehead atoms. The zero-order valence-electron chi connectivity index (χ0n) is 11.2. The van der Waals surface area contributed by atoms with Gasteiger partial charge in [0.2, 0.25) is 5.91 Å². The SMILES string of the molecule is Nc1nc(CC(=O)NC(Cc2ccccc2)C(=O)O)cs1. The molecule has 21 heavy (non-hydrogen) atoms. The van der Waals surface area contributed by atoms with Gasteiger partial charge in [-0.05, 0) is 5.56 Å². The van der Waals surface area contributed by atoms with Gasteiger partial charge in [0.15, 0.2) is 5.13 Å². The van der Waals surface area contributed by atoms with E-state index in [0.29, 0.717) is 10.8 Å². The summed E-state index contributed by atoms with van der Waals surface area (Å²) >= 11 is 1.24. The number of hydrogen-bond donors (Lipinski definition) is 3. The summed E-state index contributed by atoms with van der Waals surface area (Å²) in [6.45, 7) is 0. The Morgan fingerprint density at radius 3 is 2.62 bits per heavy atom. The van der Waals surface area contributed by atoms with Gasteiger partial charge in [-0.25, -0.2) is 9.78 Å². The minimum Gasteiger partial charge on any atom is -0.480 e. The van der Waals surface area contributed by atoms with Crippen LogP contribution in [0.4, 0.5) is 5.13 Å². The number of carboxylic acids is 1. The van der Waals surface area contributed by atoms with Crippen LogP contribution in [0, 0.1) is 0 Å². The van der Waals surface area contributed by atoms with Crippen LogP contribution < -0.4 is 11.1 Å². The van der Waals surface area contributed by atoms with Crippen LogP contribution in [0.2, 0.25) is 0 Å². The zero-order chi connectivity index (χ0) is 15.2. The summed E-state index contributed by atoms with van der Waals surface area (Å²) in [6.07, 6.45) is 0.257. The van der Waals surface area contributed by atoms with Gasteiger partial charge in [-0.2, -0.15) is 0 Å². The first-order chi connectivity index (χ1) is 10.0. The first-order valence-corrected chi connectivity index (χ1v) is 7.18. The molecule has 0 fully saturated rings. The smallest absolute Gasteiger partial charge is 0.326 e. The monoisotopic (exact) mass is 305 g/mol. The van der Waals surface area contributed by atoms with Gasteiger partial charge in [-0.1, -0.05) is 30.3 Å². The van der Waals surface area contributed by atoms with Crippen molar-refractivity contribution in [1.82, 2.24) is 10.3 Å². The van der Waals surface area contributed by atoms with Crippen molar-refractivity contribution in [3.05, 3.63) is 47.0 Å². The lowest BCUT2D eigenvalue weighted by atomic mass is 10.1. The molecule has 0 saturated carbocycles. The fourth-order valence-corrected chi connectivity index (χ4v) is 2.43. The second-order valence-electron chi connectivity index (χ2n) is 4.50. The lowest BCUT2D eigenvalue weighted by Crippen LogP contribution is -2.43. The average Bonchev–Trinajstić information content (AvgIpc) is 2.84. The first-order valence-electron chi connectivity index (χ1n) is 6.30. The van der Waals surface area contributed by atoms with E-state index in [0.717, 1.165) is 5.56 Å². The predicted molar refractivity (Wildman–Crippen MR) is 79.9 cm³/mol. The normalized spacial score (nSPS) is 11.8. The topological polar surface area (TPSA) is 105 Å². The fraction of sp³-hybridized carbons (Fsp3) is 0.214. The van der Waals surface area contributed by atoms with Gasteiger partial charge in [0.05, 0.1) is 12.1 Å². The number of carbonyl (C=O) groups excluding carboxylic acids is 1. The number of thiazole rings is 1. The third-order valence-corrected chi connectivity index (χ3v) is 3.55. The number of benzene rings is 1. The molecule has 4 N–H and O–H groups in total. The number of carbonyl (C=O) groups is 2. The molecule has 1 aromatic carbocycles. The Kier molecular flexibility index (Phi) is 4.89. The highest BCUT2D eigenvalue weighted by atomic mass is 32.1. The maximum Gasteiger partial charge on any atom is 0.326 e. The summed E-state index contributed by atoms with van der Waals surface area (Å²) in [5.74, 6) is -1.45. The van der Waals surface area contributed by atoms with E-state index in [-0.39, 0.29) is 18.7 Å². The molecule has 7 heteroatoms. The summed E-state index contributed by atoms with van der Waals surface area (Å²) in [6, 6.07) is 8.19. The Bertz CT molecular complexity index is 627. The standard InChI is InChI=1S/C14H15N3O3S/c15-14-16-10(8-21-14)7-12(18)17-11(13(19)20)6-9-4-2-1-3-5-9/h1-5,8,11H,6-7H2,(H2,15,16)(H,17,18)(H,19,20). The van der Waals surface area contributed by atoms with Gasteiger partial charge < -0.3 is 16.2 Å². The van der Waals surface area contributed by atoms with Gasteiger partial charge in [0.25, 0.3) is 0 Å². The van der Waals surface area contributed by atoms with Crippen molar-refractivity contribution in [2.45, 2.75) is 18.9 Å². The summed E-state index contributed by atoms with van der Waals surface area (Å²) in [4.78, 5) is 27.1. The number of aromatic nitrogens is 1. The average molecular weight is 305 g/mol. The van der Waals surface area contributed by atoms with Gasteiger partial charge in [-0.15, -0.1) is 11.3 Å². The zero-order valence-corrected chi connectivity index (χ0v) is 12.0. The van der Waals surface area contributed by atoms with Crippen LogP contribution in [0.25, 0.3) is 0 Å². The molecule has 0 saturated heterocycles. The minimum atomic E-state index is -1.06. The molecule has 110 valence electrons. The molecule has 1 heterocycles. The summed E-state index contributed by atoms with van der Waals surface area (Å²) in [5.41, 5.74) is 6.88. The molecule has 6 nitrogen and oxygen atoms in total. The second kappa shape index (κ2) is 6.85. The molecular weight excluding hydrogens is 290 g/mol. The predicted octanol–water partition coefficient (Wildman–Crippen LogP) is 1.08. The largest absolute Gasteiger partial charge is 0.480 e. The molecule has 0 spiro atoms. The molecule has 2 aromatic rings. The van der Waals surface area contributed by atoms with Gasteiger partial charge >= 0.3 is 5.97 Å². The van der Waals surface area contributed by atoms with Crippen LogP contribution in [-0.4, -0.2) is 28.0 Å². The van der Waals surface area contributed by atoms with Crippen molar-refractivity contribution in [2.75, 3.05) is 5.73 Å². The van der Waals surface area contributed by atoms with Crippen LogP contribution >= 0.6 is 11.3 Å². The van der Waals surface area contributed by atoms with E-state index >= 15 is 0 Å². The van der Waals surface area contributed by atoms with Crippen LogP contribution in [0.3, 0.4) is 0 Å². The molecule has 0 aliphatic carbocycles. The molecule has 1 atom stereocenters. The van der Waals surface area contributed by atoms with E-state index in [1.165, 1.54) is 11.3 Å². The molecule has 1 aromatic heterocycles. The van der Waals surface area contributed by atoms with Gasteiger partial charge in [0, 0.05) is 11.8 Å². The Morgan fingerprint density at radius 1 is 1.33 bits per heavy atom. The summed E-state index contributed by atoms with van der Waals surface area (Å²) < 4.78 is 0. The number of rotatable bonds is 6. The van der Waals surface area contributed by atoms with Crippen molar-refractivity contribution in [2.24, 2.45) is 0 Å². The molecule has 0 radical (unpaired) electrons. The number of hydrogen-bond acceptors (Lipinski definition) is 5. The van der Waals surface area contributed by atoms with Crippen molar-refractivity contribution < 1.29 is 14.7 Å². The third kappa shape index (κ3) is 4.57. The van der Waals surface area contributed by atoms with Gasteiger partial charge in [-0.3, -0.25) is 4.79 Å². The molecular formula is C14H15N3O3S.